The third kappa shape index (κ3) is 2.33. The lowest BCUT2D eigenvalue weighted by Gasteiger charge is -2.16. The number of nitrogens with zero attached hydrogens (tertiary/aromatic N) is 3. The van der Waals surface area contributed by atoms with Crippen LogP contribution < -0.4 is 4.90 Å². The Morgan fingerprint density at radius 1 is 1.35 bits per heavy atom. The summed E-state index contributed by atoms with van der Waals surface area (Å²) in [6.07, 6.45) is 3.14. The summed E-state index contributed by atoms with van der Waals surface area (Å²) < 4.78 is 14.3. The van der Waals surface area contributed by atoms with Crippen LogP contribution in [-0.4, -0.2) is 22.7 Å². The Kier molecular flexibility index (Phi) is 2.91. The first-order chi connectivity index (χ1) is 8.08. The van der Waals surface area contributed by atoms with E-state index in [1.165, 1.54) is 23.2 Å². The van der Waals surface area contributed by atoms with Crippen LogP contribution in [0.25, 0.3) is 0 Å². The van der Waals surface area contributed by atoms with E-state index in [2.05, 4.69) is 5.10 Å². The first-order valence-corrected chi connectivity index (χ1v) is 5.10. The van der Waals surface area contributed by atoms with Crippen LogP contribution in [0.3, 0.4) is 0 Å². The number of hydrogen-bond donors (Lipinski definition) is 0. The van der Waals surface area contributed by atoms with Crippen LogP contribution in [0, 0.1) is 5.82 Å². The molecule has 0 unspecified atom stereocenters. The maximum Gasteiger partial charge on any atom is 0.261 e. The molecule has 17 heavy (non-hydrogen) atoms. The van der Waals surface area contributed by atoms with Gasteiger partial charge >= 0.3 is 0 Å². The summed E-state index contributed by atoms with van der Waals surface area (Å²) in [5, 5.41) is 3.94. The molecule has 1 aromatic carbocycles. The van der Waals surface area contributed by atoms with Gasteiger partial charge in [0.2, 0.25) is 0 Å². The van der Waals surface area contributed by atoms with Crippen LogP contribution >= 0.6 is 0 Å². The average molecular weight is 233 g/mol. The zero-order valence-corrected chi connectivity index (χ0v) is 9.59. The van der Waals surface area contributed by atoms with Crippen molar-refractivity contribution in [1.29, 1.82) is 0 Å². The first kappa shape index (κ1) is 11.3. The fraction of sp³-hybridized carbons (Fsp3) is 0.167. The molecule has 0 fully saturated rings. The molecular weight excluding hydrogens is 221 g/mol. The van der Waals surface area contributed by atoms with Crippen LogP contribution in [0.15, 0.2) is 36.7 Å². The van der Waals surface area contributed by atoms with Crippen molar-refractivity contribution in [2.24, 2.45) is 7.05 Å². The van der Waals surface area contributed by atoms with Crippen molar-refractivity contribution in [2.45, 2.75) is 0 Å². The number of rotatable bonds is 2. The second kappa shape index (κ2) is 4.37. The van der Waals surface area contributed by atoms with Gasteiger partial charge in [0.25, 0.3) is 5.91 Å². The molecule has 0 spiro atoms. The van der Waals surface area contributed by atoms with E-state index in [1.54, 1.807) is 37.1 Å². The van der Waals surface area contributed by atoms with Gasteiger partial charge < -0.3 is 4.90 Å². The quantitative estimate of drug-likeness (QED) is 0.793. The molecule has 0 bridgehead atoms. The van der Waals surface area contributed by atoms with Gasteiger partial charge in [0.05, 0.1) is 11.8 Å². The fourth-order valence-electron chi connectivity index (χ4n) is 1.51. The lowest BCUT2D eigenvalue weighted by Crippen LogP contribution is -2.25. The molecule has 1 heterocycles. The lowest BCUT2D eigenvalue weighted by molar-refractivity contribution is 0.0993. The molecule has 2 rings (SSSR count). The molecule has 0 aliphatic carbocycles. The van der Waals surface area contributed by atoms with E-state index in [1.807, 2.05) is 0 Å². The maximum absolute atomic E-state index is 12.8. The Bertz CT molecular complexity index is 533. The van der Waals surface area contributed by atoms with Crippen molar-refractivity contribution in [3.63, 3.8) is 0 Å². The minimum absolute atomic E-state index is 0.176. The van der Waals surface area contributed by atoms with Crippen LogP contribution in [0.1, 0.15) is 10.4 Å². The molecule has 0 saturated carbocycles. The molecule has 0 aliphatic rings. The minimum Gasteiger partial charge on any atom is -0.311 e. The summed E-state index contributed by atoms with van der Waals surface area (Å²) in [7, 11) is 3.39. The molecular formula is C12H12FN3O. The first-order valence-electron chi connectivity index (χ1n) is 5.10. The molecule has 0 radical (unpaired) electrons. The lowest BCUT2D eigenvalue weighted by atomic mass is 10.2. The zero-order valence-electron chi connectivity index (χ0n) is 9.59. The molecule has 1 amide bonds. The van der Waals surface area contributed by atoms with Crippen molar-refractivity contribution in [3.8, 4) is 0 Å². The largest absolute Gasteiger partial charge is 0.311 e. The average Bonchev–Trinajstić information content (AvgIpc) is 2.75. The summed E-state index contributed by atoms with van der Waals surface area (Å²) in [6, 6.07) is 5.76. The van der Waals surface area contributed by atoms with E-state index < -0.39 is 0 Å². The number of amides is 1. The van der Waals surface area contributed by atoms with Gasteiger partial charge in [-0.1, -0.05) is 0 Å². The third-order valence-corrected chi connectivity index (χ3v) is 2.47. The van der Waals surface area contributed by atoms with Crippen LogP contribution in [0.2, 0.25) is 0 Å². The summed E-state index contributed by atoms with van der Waals surface area (Å²) in [5.41, 5.74) is 1.14. The van der Waals surface area contributed by atoms with Gasteiger partial charge in [-0.05, 0) is 24.3 Å². The highest BCUT2D eigenvalue weighted by Gasteiger charge is 2.14. The van der Waals surface area contributed by atoms with E-state index in [4.69, 9.17) is 0 Å². The van der Waals surface area contributed by atoms with E-state index in [9.17, 15) is 9.18 Å². The van der Waals surface area contributed by atoms with E-state index in [0.29, 0.717) is 11.3 Å². The minimum atomic E-state index is -0.323. The Morgan fingerprint density at radius 3 is 2.53 bits per heavy atom. The van der Waals surface area contributed by atoms with Gasteiger partial charge in [-0.15, -0.1) is 0 Å². The van der Waals surface area contributed by atoms with Crippen LogP contribution in [-0.2, 0) is 7.05 Å². The predicted molar refractivity (Wildman–Crippen MR) is 62.3 cm³/mol. The monoisotopic (exact) mass is 233 g/mol. The highest BCUT2D eigenvalue weighted by molar-refractivity contribution is 6.05. The van der Waals surface area contributed by atoms with Crippen LogP contribution in [0.4, 0.5) is 10.1 Å². The third-order valence-electron chi connectivity index (χ3n) is 2.47. The van der Waals surface area contributed by atoms with Crippen molar-refractivity contribution < 1.29 is 9.18 Å². The highest BCUT2D eigenvalue weighted by atomic mass is 19.1. The van der Waals surface area contributed by atoms with Crippen molar-refractivity contribution in [2.75, 3.05) is 11.9 Å². The summed E-state index contributed by atoms with van der Waals surface area (Å²) in [4.78, 5) is 13.5. The number of halogens is 1. The molecule has 0 aliphatic heterocycles. The van der Waals surface area contributed by atoms with Crippen LogP contribution in [0.5, 0.6) is 0 Å². The number of carbonyl (C=O) groups is 1. The molecule has 88 valence electrons. The second-order valence-corrected chi connectivity index (χ2v) is 3.74. The van der Waals surface area contributed by atoms with Gasteiger partial charge in [0.1, 0.15) is 5.82 Å². The Morgan fingerprint density at radius 2 is 2.00 bits per heavy atom. The van der Waals surface area contributed by atoms with Gasteiger partial charge in [0, 0.05) is 26.0 Å². The molecule has 4 nitrogen and oxygen atoms in total. The Labute approximate surface area is 98.3 Å². The topological polar surface area (TPSA) is 38.1 Å². The van der Waals surface area contributed by atoms with E-state index in [0.717, 1.165) is 0 Å². The number of aryl methyl sites for hydroxylation is 1. The zero-order chi connectivity index (χ0) is 12.4. The van der Waals surface area contributed by atoms with Crippen molar-refractivity contribution >= 4 is 11.6 Å². The van der Waals surface area contributed by atoms with Gasteiger partial charge in [-0.25, -0.2) is 4.39 Å². The number of aromatic nitrogens is 2. The predicted octanol–water partition coefficient (Wildman–Crippen LogP) is 1.84. The van der Waals surface area contributed by atoms with Gasteiger partial charge in [-0.2, -0.15) is 5.10 Å². The van der Waals surface area contributed by atoms with Crippen molar-refractivity contribution in [3.05, 3.63) is 48.0 Å². The molecule has 5 heteroatoms. The van der Waals surface area contributed by atoms with Gasteiger partial charge in [0.15, 0.2) is 0 Å². The molecule has 2 aromatic rings. The summed E-state index contributed by atoms with van der Waals surface area (Å²) >= 11 is 0. The molecule has 0 atom stereocenters. The Balaban J connectivity index is 2.23. The van der Waals surface area contributed by atoms with E-state index >= 15 is 0 Å². The molecule has 0 saturated heterocycles. The van der Waals surface area contributed by atoms with Crippen molar-refractivity contribution in [1.82, 2.24) is 9.78 Å². The highest BCUT2D eigenvalue weighted by Crippen LogP contribution is 2.15. The number of hydrogen-bond acceptors (Lipinski definition) is 2. The standard InChI is InChI=1S/C12H12FN3O/c1-15-8-9(7-14-15)12(17)16(2)11-5-3-10(13)4-6-11/h3-8H,1-2H3. The number of anilines is 1. The van der Waals surface area contributed by atoms with Gasteiger partial charge in [-0.3, -0.25) is 9.48 Å². The smallest absolute Gasteiger partial charge is 0.261 e. The molecule has 1 aromatic heterocycles. The summed E-state index contributed by atoms with van der Waals surface area (Å²) in [6.45, 7) is 0. The number of carbonyl (C=O) groups excluding carboxylic acids is 1. The fourth-order valence-corrected chi connectivity index (χ4v) is 1.51. The second-order valence-electron chi connectivity index (χ2n) is 3.74. The number of benzene rings is 1. The maximum atomic E-state index is 12.8. The SMILES string of the molecule is CN(C(=O)c1cnn(C)c1)c1ccc(F)cc1. The Hall–Kier alpha value is -2.17. The van der Waals surface area contributed by atoms with E-state index in [-0.39, 0.29) is 11.7 Å². The normalized spacial score (nSPS) is 10.3. The summed E-state index contributed by atoms with van der Waals surface area (Å²) in [5.74, 6) is -0.499. The molecule has 0 N–H and O–H groups in total.